The molecular weight excluding hydrogens is 284 g/mol. The second-order valence-electron chi connectivity index (χ2n) is 3.30. The summed E-state index contributed by atoms with van der Waals surface area (Å²) in [4.78, 5) is 18.0. The van der Waals surface area contributed by atoms with E-state index in [1.807, 2.05) is 0 Å². The quantitative estimate of drug-likeness (QED) is 0.648. The molecule has 86 valence electrons. The average Bonchev–Trinajstić information content (AvgIpc) is 2.74. The molecule has 0 saturated heterocycles. The normalized spacial score (nSPS) is 9.76. The highest BCUT2D eigenvalue weighted by molar-refractivity contribution is 9.10. The summed E-state index contributed by atoms with van der Waals surface area (Å²) in [5.74, 6) is 5.37. The summed E-state index contributed by atoms with van der Waals surface area (Å²) < 4.78 is 5.39. The maximum absolute atomic E-state index is 10.9. The van der Waals surface area contributed by atoms with Gasteiger partial charge in [0.2, 0.25) is 0 Å². The molecule has 2 heterocycles. The number of halogens is 1. The predicted molar refractivity (Wildman–Crippen MR) is 67.3 cm³/mol. The third-order valence-corrected chi connectivity index (χ3v) is 2.83. The Labute approximate surface area is 107 Å². The Balaban J connectivity index is 2.33. The van der Waals surface area contributed by atoms with Crippen LogP contribution in [0.15, 0.2) is 23.1 Å². The topological polar surface area (TPSA) is 55.0 Å². The molecule has 2 aromatic rings. The Morgan fingerprint density at radius 1 is 1.59 bits per heavy atom. The highest BCUT2D eigenvalue weighted by Gasteiger charge is 2.05. The van der Waals surface area contributed by atoms with E-state index in [4.69, 9.17) is 0 Å². The fourth-order valence-corrected chi connectivity index (χ4v) is 1.97. The van der Waals surface area contributed by atoms with Gasteiger partial charge in [-0.05, 0) is 15.9 Å². The van der Waals surface area contributed by atoms with E-state index >= 15 is 0 Å². The van der Waals surface area contributed by atoms with Gasteiger partial charge in [0.1, 0.15) is 6.42 Å². The van der Waals surface area contributed by atoms with Gasteiger partial charge in [0, 0.05) is 22.3 Å². The fraction of sp³-hybridized carbons (Fsp3) is 0.167. The van der Waals surface area contributed by atoms with Gasteiger partial charge in [-0.3, -0.25) is 9.78 Å². The molecule has 0 atom stereocenters. The van der Waals surface area contributed by atoms with Crippen LogP contribution >= 0.6 is 15.9 Å². The van der Waals surface area contributed by atoms with E-state index in [-0.39, 0.29) is 12.4 Å². The number of carbonyl (C=O) groups excluding carboxylic acids is 1. The van der Waals surface area contributed by atoms with Crippen LogP contribution in [-0.2, 0) is 9.53 Å². The number of rotatable bonds is 1. The third-order valence-electron chi connectivity index (χ3n) is 2.22. The summed E-state index contributed by atoms with van der Waals surface area (Å²) in [5.41, 5.74) is 1.74. The van der Waals surface area contributed by atoms with Crippen LogP contribution in [0.4, 0.5) is 0 Å². The third kappa shape index (κ3) is 2.48. The molecule has 2 aromatic heterocycles. The molecule has 5 heteroatoms. The molecule has 0 saturated carbocycles. The Kier molecular flexibility index (Phi) is 3.45. The molecule has 0 aliphatic carbocycles. The van der Waals surface area contributed by atoms with Crippen molar-refractivity contribution in [3.8, 4) is 11.8 Å². The minimum atomic E-state index is -0.335. The SMILES string of the molecule is COC(=O)CC#Cc1c[nH]c2cncc(Br)c12. The standard InChI is InChI=1S/C12H9BrN2O2/c1-17-11(16)4-2-3-8-5-15-10-7-14-6-9(13)12(8)10/h5-7,15H,4H2,1H3. The lowest BCUT2D eigenvalue weighted by molar-refractivity contribution is -0.139. The lowest BCUT2D eigenvalue weighted by Crippen LogP contribution is -1.96. The number of fused-ring (bicyclic) bond motifs is 1. The van der Waals surface area contributed by atoms with Gasteiger partial charge >= 0.3 is 5.97 Å². The number of hydrogen-bond acceptors (Lipinski definition) is 3. The molecule has 4 nitrogen and oxygen atoms in total. The van der Waals surface area contributed by atoms with Crippen molar-refractivity contribution >= 4 is 32.8 Å². The minimum Gasteiger partial charge on any atom is -0.468 e. The number of methoxy groups -OCH3 is 1. The largest absolute Gasteiger partial charge is 0.468 e. The molecule has 0 aliphatic rings. The van der Waals surface area contributed by atoms with Gasteiger partial charge in [0.25, 0.3) is 0 Å². The zero-order valence-electron chi connectivity index (χ0n) is 9.08. The number of H-pyrrole nitrogens is 1. The van der Waals surface area contributed by atoms with Crippen molar-refractivity contribution in [3.05, 3.63) is 28.6 Å². The van der Waals surface area contributed by atoms with Gasteiger partial charge in [0.15, 0.2) is 0 Å². The van der Waals surface area contributed by atoms with E-state index in [0.29, 0.717) is 0 Å². The number of nitrogens with one attached hydrogen (secondary N) is 1. The number of nitrogens with zero attached hydrogens (tertiary/aromatic N) is 1. The Bertz CT molecular complexity index is 622. The molecule has 0 amide bonds. The maximum Gasteiger partial charge on any atom is 0.317 e. The monoisotopic (exact) mass is 292 g/mol. The highest BCUT2D eigenvalue weighted by Crippen LogP contribution is 2.25. The average molecular weight is 293 g/mol. The number of pyridine rings is 1. The summed E-state index contributed by atoms with van der Waals surface area (Å²) in [6, 6.07) is 0. The van der Waals surface area contributed by atoms with E-state index in [0.717, 1.165) is 20.9 Å². The predicted octanol–water partition coefficient (Wildman–Crippen LogP) is 2.24. The molecule has 0 fully saturated rings. The van der Waals surface area contributed by atoms with Crippen molar-refractivity contribution in [2.75, 3.05) is 7.11 Å². The zero-order valence-corrected chi connectivity index (χ0v) is 10.7. The van der Waals surface area contributed by atoms with Crippen molar-refractivity contribution in [2.24, 2.45) is 0 Å². The van der Waals surface area contributed by atoms with Gasteiger partial charge in [-0.2, -0.15) is 0 Å². The fourth-order valence-electron chi connectivity index (χ4n) is 1.42. The minimum absolute atomic E-state index is 0.0892. The summed E-state index contributed by atoms with van der Waals surface area (Å²) in [6.07, 6.45) is 5.32. The lowest BCUT2D eigenvalue weighted by Gasteiger charge is -1.93. The lowest BCUT2D eigenvalue weighted by atomic mass is 10.2. The molecule has 1 N–H and O–H groups in total. The number of hydrogen-bond donors (Lipinski definition) is 1. The Morgan fingerprint density at radius 3 is 3.18 bits per heavy atom. The second kappa shape index (κ2) is 5.02. The maximum atomic E-state index is 10.9. The van der Waals surface area contributed by atoms with E-state index in [9.17, 15) is 4.79 Å². The summed E-state index contributed by atoms with van der Waals surface area (Å²) >= 11 is 3.42. The zero-order chi connectivity index (χ0) is 12.3. The van der Waals surface area contributed by atoms with Crippen LogP contribution in [0.1, 0.15) is 12.0 Å². The number of aromatic nitrogens is 2. The molecular formula is C12H9BrN2O2. The van der Waals surface area contributed by atoms with Crippen molar-refractivity contribution in [3.63, 3.8) is 0 Å². The first-order valence-electron chi connectivity index (χ1n) is 4.88. The van der Waals surface area contributed by atoms with Crippen LogP contribution < -0.4 is 0 Å². The molecule has 0 unspecified atom stereocenters. The summed E-state index contributed by atoms with van der Waals surface area (Å²) in [7, 11) is 1.35. The molecule has 0 radical (unpaired) electrons. The molecule has 2 rings (SSSR count). The van der Waals surface area contributed by atoms with Gasteiger partial charge in [-0.15, -0.1) is 0 Å². The van der Waals surface area contributed by atoms with E-state index in [1.165, 1.54) is 7.11 Å². The number of ether oxygens (including phenoxy) is 1. The van der Waals surface area contributed by atoms with Crippen LogP contribution in [0.3, 0.4) is 0 Å². The Morgan fingerprint density at radius 2 is 2.41 bits per heavy atom. The summed E-state index contributed by atoms with van der Waals surface area (Å²) in [6.45, 7) is 0. The van der Waals surface area contributed by atoms with Crippen molar-refractivity contribution in [2.45, 2.75) is 6.42 Å². The van der Waals surface area contributed by atoms with Crippen LogP contribution in [0.5, 0.6) is 0 Å². The Hall–Kier alpha value is -1.80. The van der Waals surface area contributed by atoms with E-state index < -0.39 is 0 Å². The van der Waals surface area contributed by atoms with Crippen LogP contribution in [0.25, 0.3) is 10.9 Å². The van der Waals surface area contributed by atoms with Crippen molar-refractivity contribution < 1.29 is 9.53 Å². The molecule has 17 heavy (non-hydrogen) atoms. The molecule has 0 spiro atoms. The van der Waals surface area contributed by atoms with Crippen LogP contribution in [-0.4, -0.2) is 23.0 Å². The number of carbonyl (C=O) groups is 1. The van der Waals surface area contributed by atoms with Crippen molar-refractivity contribution in [1.82, 2.24) is 9.97 Å². The number of aromatic amines is 1. The summed E-state index contributed by atoms with van der Waals surface area (Å²) in [5, 5.41) is 0.970. The highest BCUT2D eigenvalue weighted by atomic mass is 79.9. The van der Waals surface area contributed by atoms with Gasteiger partial charge in [-0.1, -0.05) is 11.8 Å². The first-order chi connectivity index (χ1) is 8.22. The molecule has 0 bridgehead atoms. The first kappa shape index (κ1) is 11.7. The van der Waals surface area contributed by atoms with Crippen LogP contribution in [0.2, 0.25) is 0 Å². The van der Waals surface area contributed by atoms with Crippen LogP contribution in [0, 0.1) is 11.8 Å². The van der Waals surface area contributed by atoms with E-state index in [2.05, 4.69) is 42.5 Å². The molecule has 0 aliphatic heterocycles. The molecule has 0 aromatic carbocycles. The van der Waals surface area contributed by atoms with Gasteiger partial charge < -0.3 is 9.72 Å². The first-order valence-corrected chi connectivity index (χ1v) is 5.68. The van der Waals surface area contributed by atoms with Gasteiger partial charge in [0.05, 0.1) is 24.4 Å². The second-order valence-corrected chi connectivity index (χ2v) is 4.16. The number of esters is 1. The van der Waals surface area contributed by atoms with Crippen molar-refractivity contribution in [1.29, 1.82) is 0 Å². The van der Waals surface area contributed by atoms with E-state index in [1.54, 1.807) is 18.6 Å². The van der Waals surface area contributed by atoms with Gasteiger partial charge in [-0.25, -0.2) is 0 Å². The smallest absolute Gasteiger partial charge is 0.317 e.